The molecule has 2 aromatic carbocycles. The molecule has 0 spiro atoms. The highest BCUT2D eigenvalue weighted by atomic mass is 19.1. The first-order chi connectivity index (χ1) is 36.0. The first kappa shape index (κ1) is 53.4. The number of aromatic nitrogens is 2. The van der Waals surface area contributed by atoms with Crippen molar-refractivity contribution < 1.29 is 62.4 Å². The molecule has 2 unspecified atom stereocenters. The SMILES string of the molecule is CC[C@@]1(O)C(=O)OCc2c1cc1n(c2=O)Cc2c-1nc1cc(F)c(C)c3c1c2C(NC(=O)COCNC(=O)CNC(=O)[C@H](Cc1ccccc1)NC(=O)CNC(=O)CNC(=O)CCCCCN1C(=O)C=CC1O)CC3. The monoisotopic (exact) mass is 1040 g/mol. The number of hydrogen-bond acceptors (Lipinski definition) is 14. The van der Waals surface area contributed by atoms with Crippen LogP contribution in [-0.2, 0) is 79.4 Å². The highest BCUT2D eigenvalue weighted by Crippen LogP contribution is 2.46. The molecule has 0 saturated heterocycles. The minimum absolute atomic E-state index is 0.0408. The van der Waals surface area contributed by atoms with Gasteiger partial charge in [-0.25, -0.2) is 14.2 Å². The molecular weight excluding hydrogens is 978 g/mol. The van der Waals surface area contributed by atoms with Crippen LogP contribution in [0.3, 0.4) is 0 Å². The summed E-state index contributed by atoms with van der Waals surface area (Å²) >= 11 is 0. The number of carbonyl (C=O) groups excluding carboxylic acids is 8. The highest BCUT2D eigenvalue weighted by molar-refractivity contribution is 5.95. The Labute approximate surface area is 428 Å². The second kappa shape index (κ2) is 23.1. The Balaban J connectivity index is 0.804. The number of aryl methyl sites for hydroxylation is 1. The number of nitrogens with one attached hydrogen (secondary N) is 6. The summed E-state index contributed by atoms with van der Waals surface area (Å²) in [6.45, 7) is 1.01. The normalized spacial score (nSPS) is 18.3. The van der Waals surface area contributed by atoms with Gasteiger partial charge in [0.05, 0.1) is 54.7 Å². The van der Waals surface area contributed by atoms with Gasteiger partial charge in [0.2, 0.25) is 41.4 Å². The van der Waals surface area contributed by atoms with Crippen LogP contribution in [0, 0.1) is 12.7 Å². The molecule has 5 heterocycles. The molecule has 4 aromatic rings. The van der Waals surface area contributed by atoms with Crippen LogP contribution in [0.15, 0.2) is 59.4 Å². The van der Waals surface area contributed by atoms with Gasteiger partial charge in [0.15, 0.2) is 5.60 Å². The molecule has 4 aliphatic rings. The van der Waals surface area contributed by atoms with E-state index in [1.807, 2.05) is 0 Å². The molecular formula is C52H58FN9O13. The van der Waals surface area contributed by atoms with Crippen LogP contribution in [0.25, 0.3) is 22.3 Å². The van der Waals surface area contributed by atoms with Crippen LogP contribution >= 0.6 is 0 Å². The second-order valence-corrected chi connectivity index (χ2v) is 18.8. The number of pyridine rings is 2. The van der Waals surface area contributed by atoms with Gasteiger partial charge in [-0.15, -0.1) is 0 Å². The van der Waals surface area contributed by atoms with E-state index in [0.717, 1.165) is 5.56 Å². The van der Waals surface area contributed by atoms with Gasteiger partial charge in [0.25, 0.3) is 5.56 Å². The van der Waals surface area contributed by atoms with Gasteiger partial charge in [-0.3, -0.25) is 38.4 Å². The third kappa shape index (κ3) is 11.7. The first-order valence-electron chi connectivity index (χ1n) is 24.7. The molecule has 1 aliphatic carbocycles. The lowest BCUT2D eigenvalue weighted by Crippen LogP contribution is -2.52. The van der Waals surface area contributed by atoms with E-state index in [4.69, 9.17) is 14.5 Å². The molecule has 396 valence electrons. The summed E-state index contributed by atoms with van der Waals surface area (Å²) in [5, 5.41) is 37.2. The standard InChI is InChI=1S/C52H58FN9O13/c1-3-52(73)33-19-38-48-31(24-62(38)50(71)32(33)25-75-51(52)72)47-35(14-13-30-28(2)34(53)20-36(60-48)46(30)47)58-43(67)26-74-27-57-41(65)22-56-49(70)37(18-29-10-6-4-7-11-29)59-42(66)23-55-40(64)21-54-39(63)12-8-5-9-17-61-44(68)15-16-45(61)69/h4,6-7,10-11,15-16,19-20,35,37,44,68,73H,3,5,8-9,12-14,17-18,21-27H2,1-2H3,(H,54,63)(H,55,64)(H,56,70)(H,57,65)(H,58,67)(H,59,66)/t35?,37-,44?,52-/m0/s1. The summed E-state index contributed by atoms with van der Waals surface area (Å²) in [6, 6.07) is 9.85. The number of benzene rings is 2. The van der Waals surface area contributed by atoms with E-state index < -0.39 is 104 Å². The van der Waals surface area contributed by atoms with Crippen LogP contribution in [0.4, 0.5) is 4.39 Å². The number of esters is 1. The quantitative estimate of drug-likeness (QED) is 0.0259. The molecule has 0 radical (unpaired) electrons. The van der Waals surface area contributed by atoms with Crippen molar-refractivity contribution in [3.05, 3.63) is 110 Å². The summed E-state index contributed by atoms with van der Waals surface area (Å²) < 4.78 is 27.5. The second-order valence-electron chi connectivity index (χ2n) is 18.8. The van der Waals surface area contributed by atoms with Gasteiger partial charge in [0.1, 0.15) is 38.0 Å². The number of fused-ring (bicyclic) bond motifs is 5. The van der Waals surface area contributed by atoms with Crippen LogP contribution in [0.5, 0.6) is 0 Å². The van der Waals surface area contributed by atoms with E-state index in [2.05, 4.69) is 31.9 Å². The van der Waals surface area contributed by atoms with Gasteiger partial charge >= 0.3 is 5.97 Å². The van der Waals surface area contributed by atoms with Crippen LogP contribution < -0.4 is 37.5 Å². The molecule has 0 bridgehead atoms. The molecule has 4 atom stereocenters. The third-order valence-electron chi connectivity index (χ3n) is 13.9. The molecule has 75 heavy (non-hydrogen) atoms. The Kier molecular flexibility index (Phi) is 16.5. The minimum atomic E-state index is -2.05. The molecule has 8 N–H and O–H groups in total. The van der Waals surface area contributed by atoms with Crippen molar-refractivity contribution in [3.8, 4) is 11.4 Å². The maximum atomic E-state index is 15.4. The van der Waals surface area contributed by atoms with Crippen LogP contribution in [-0.4, -0.2) is 124 Å². The molecule has 23 heteroatoms. The Hall–Kier alpha value is -7.89. The van der Waals surface area contributed by atoms with Crippen molar-refractivity contribution >= 4 is 58.2 Å². The van der Waals surface area contributed by atoms with Crippen LogP contribution in [0.1, 0.15) is 90.4 Å². The van der Waals surface area contributed by atoms with Gasteiger partial charge in [0, 0.05) is 48.0 Å². The van der Waals surface area contributed by atoms with Crippen LogP contribution in [0.2, 0.25) is 0 Å². The number of cyclic esters (lactones) is 1. The van der Waals surface area contributed by atoms with E-state index >= 15 is 4.39 Å². The van der Waals surface area contributed by atoms with Crippen molar-refractivity contribution in [1.82, 2.24) is 46.4 Å². The molecule has 0 fully saturated rings. The van der Waals surface area contributed by atoms with E-state index in [-0.39, 0.29) is 55.4 Å². The summed E-state index contributed by atoms with van der Waals surface area (Å²) in [7, 11) is 0. The fraction of sp³-hybridized carbons (Fsp3) is 0.423. The van der Waals surface area contributed by atoms with Crippen molar-refractivity contribution in [2.24, 2.45) is 0 Å². The molecule has 22 nitrogen and oxygen atoms in total. The van der Waals surface area contributed by atoms with Crippen molar-refractivity contribution in [3.63, 3.8) is 0 Å². The number of carbonyl (C=O) groups is 8. The molecule has 0 saturated carbocycles. The minimum Gasteiger partial charge on any atom is -0.458 e. The number of nitrogens with zero attached hydrogens (tertiary/aromatic N) is 3. The number of hydrogen-bond donors (Lipinski definition) is 8. The average Bonchev–Trinajstić information content (AvgIpc) is 3.98. The van der Waals surface area contributed by atoms with Crippen molar-refractivity contribution in [2.75, 3.05) is 39.5 Å². The van der Waals surface area contributed by atoms with Gasteiger partial charge in [-0.1, -0.05) is 43.7 Å². The Bertz CT molecular complexity index is 3050. The molecule has 2 aromatic heterocycles. The zero-order chi connectivity index (χ0) is 53.6. The predicted octanol–water partition coefficient (Wildman–Crippen LogP) is 0.0742. The van der Waals surface area contributed by atoms with E-state index in [1.165, 1.54) is 27.7 Å². The van der Waals surface area contributed by atoms with E-state index in [9.17, 15) is 53.4 Å². The fourth-order valence-corrected chi connectivity index (χ4v) is 9.86. The van der Waals surface area contributed by atoms with Gasteiger partial charge < -0.3 is 61.1 Å². The maximum absolute atomic E-state index is 15.4. The molecule has 7 amide bonds. The van der Waals surface area contributed by atoms with Crippen molar-refractivity contribution in [1.29, 1.82) is 0 Å². The first-order valence-corrected chi connectivity index (χ1v) is 24.7. The number of halogens is 1. The lowest BCUT2D eigenvalue weighted by molar-refractivity contribution is -0.172. The lowest BCUT2D eigenvalue weighted by atomic mass is 9.81. The Morgan fingerprint density at radius 2 is 1.64 bits per heavy atom. The van der Waals surface area contributed by atoms with E-state index in [1.54, 1.807) is 50.2 Å². The zero-order valence-electron chi connectivity index (χ0n) is 41.3. The number of aliphatic hydroxyl groups is 2. The number of rotatable bonds is 22. The van der Waals surface area contributed by atoms with Crippen molar-refractivity contribution in [2.45, 2.75) is 102 Å². The summed E-state index contributed by atoms with van der Waals surface area (Å²) in [5.41, 5.74) is 1.85. The summed E-state index contributed by atoms with van der Waals surface area (Å²) in [4.78, 5) is 122. The highest BCUT2D eigenvalue weighted by Gasteiger charge is 2.46. The summed E-state index contributed by atoms with van der Waals surface area (Å²) in [6.07, 6.45) is 4.33. The van der Waals surface area contributed by atoms with E-state index in [0.29, 0.717) is 83.2 Å². The molecule has 8 rings (SSSR count). The smallest absolute Gasteiger partial charge is 0.343 e. The van der Waals surface area contributed by atoms with Gasteiger partial charge in [-0.2, -0.15) is 0 Å². The summed E-state index contributed by atoms with van der Waals surface area (Å²) in [5.74, 6) is -5.28. The fourth-order valence-electron chi connectivity index (χ4n) is 9.86. The Morgan fingerprint density at radius 1 is 0.907 bits per heavy atom. The topological polar surface area (TPSA) is 306 Å². The number of unbranched alkanes of at least 4 members (excludes halogenated alkanes) is 2. The molecule has 3 aliphatic heterocycles. The zero-order valence-corrected chi connectivity index (χ0v) is 41.3. The number of aliphatic hydroxyl groups excluding tert-OH is 1. The average molecular weight is 1040 g/mol. The predicted molar refractivity (Wildman–Crippen MR) is 264 cm³/mol. The Morgan fingerprint density at radius 3 is 2.39 bits per heavy atom. The largest absolute Gasteiger partial charge is 0.458 e. The lowest BCUT2D eigenvalue weighted by Gasteiger charge is -2.31. The number of amides is 7. The van der Waals surface area contributed by atoms with Gasteiger partial charge in [-0.05, 0) is 73.4 Å². The number of ether oxygens (including phenoxy) is 2. The third-order valence-corrected chi connectivity index (χ3v) is 13.9. The maximum Gasteiger partial charge on any atom is 0.343 e.